The van der Waals surface area contributed by atoms with Gasteiger partial charge in [0.15, 0.2) is 5.60 Å². The maximum absolute atomic E-state index is 12.8. The molecule has 6 heteroatoms. The molecule has 1 saturated heterocycles. The third-order valence-electron chi connectivity index (χ3n) is 4.62. The van der Waals surface area contributed by atoms with Crippen molar-refractivity contribution in [3.63, 3.8) is 0 Å². The highest BCUT2D eigenvalue weighted by atomic mass is 79.9. The molecule has 0 radical (unpaired) electrons. The van der Waals surface area contributed by atoms with Crippen LogP contribution in [0.4, 0.5) is 0 Å². The summed E-state index contributed by atoms with van der Waals surface area (Å²) in [6, 6.07) is 9.20. The maximum Gasteiger partial charge on any atom is 0.339 e. The number of amides is 1. The summed E-state index contributed by atoms with van der Waals surface area (Å²) >= 11 is 3.34. The van der Waals surface area contributed by atoms with E-state index < -0.39 is 5.60 Å². The lowest BCUT2D eigenvalue weighted by Gasteiger charge is -2.39. The molecule has 0 aliphatic carbocycles. The first kappa shape index (κ1) is 15.3. The Labute approximate surface area is 147 Å². The minimum Gasteiger partial charge on any atom is -0.449 e. The molecule has 1 unspecified atom stereocenters. The van der Waals surface area contributed by atoms with Gasteiger partial charge in [-0.1, -0.05) is 18.2 Å². The average molecular weight is 387 g/mol. The van der Waals surface area contributed by atoms with Crippen LogP contribution in [-0.2, 0) is 10.3 Å². The smallest absolute Gasteiger partial charge is 0.339 e. The molecule has 1 amide bonds. The maximum atomic E-state index is 12.8. The first-order valence-electron chi connectivity index (χ1n) is 7.82. The number of likely N-dealkylation sites (tertiary alicyclic amines) is 1. The summed E-state index contributed by atoms with van der Waals surface area (Å²) < 4.78 is 6.50. The van der Waals surface area contributed by atoms with Crippen LogP contribution in [0.5, 0.6) is 0 Å². The van der Waals surface area contributed by atoms with E-state index in [-0.39, 0.29) is 11.9 Å². The van der Waals surface area contributed by atoms with Gasteiger partial charge in [0.1, 0.15) is 0 Å². The summed E-state index contributed by atoms with van der Waals surface area (Å²) in [5, 5.41) is 0. The minimum absolute atomic E-state index is 0.0942. The van der Waals surface area contributed by atoms with Gasteiger partial charge in [-0.05, 0) is 40.9 Å². The number of carbonyl (C=O) groups excluding carboxylic acids is 2. The van der Waals surface area contributed by atoms with Gasteiger partial charge in [-0.2, -0.15) is 0 Å². The average Bonchev–Trinajstić information content (AvgIpc) is 2.86. The number of nitrogens with zero attached hydrogens (tertiary/aromatic N) is 2. The van der Waals surface area contributed by atoms with Gasteiger partial charge in [-0.25, -0.2) is 4.79 Å². The molecular weight excluding hydrogens is 372 g/mol. The number of aromatic nitrogens is 1. The van der Waals surface area contributed by atoms with Gasteiger partial charge in [0.05, 0.1) is 17.7 Å². The fraction of sp³-hybridized carbons (Fsp3) is 0.278. The van der Waals surface area contributed by atoms with Crippen molar-refractivity contribution < 1.29 is 14.3 Å². The summed E-state index contributed by atoms with van der Waals surface area (Å²) in [6.45, 7) is 1.02. The van der Waals surface area contributed by atoms with Crippen molar-refractivity contribution in [2.75, 3.05) is 13.1 Å². The van der Waals surface area contributed by atoms with Gasteiger partial charge in [0.2, 0.25) is 0 Å². The van der Waals surface area contributed by atoms with Crippen molar-refractivity contribution in [1.29, 1.82) is 0 Å². The highest BCUT2D eigenvalue weighted by molar-refractivity contribution is 9.10. The van der Waals surface area contributed by atoms with Crippen molar-refractivity contribution in [1.82, 2.24) is 9.88 Å². The zero-order chi connectivity index (χ0) is 16.7. The second-order valence-corrected chi connectivity index (χ2v) is 7.07. The Hall–Kier alpha value is -2.21. The third-order valence-corrected chi connectivity index (χ3v) is 5.05. The molecular formula is C18H15BrN2O3. The number of hydrogen-bond acceptors (Lipinski definition) is 4. The van der Waals surface area contributed by atoms with Crippen molar-refractivity contribution in [2.24, 2.45) is 0 Å². The second kappa shape index (κ2) is 5.70. The van der Waals surface area contributed by atoms with E-state index in [4.69, 9.17) is 4.74 Å². The van der Waals surface area contributed by atoms with Crippen molar-refractivity contribution in [2.45, 2.75) is 18.4 Å². The molecule has 2 aromatic rings. The Bertz CT molecular complexity index is 839. The monoisotopic (exact) mass is 386 g/mol. The molecule has 0 saturated carbocycles. The van der Waals surface area contributed by atoms with Crippen molar-refractivity contribution >= 4 is 27.8 Å². The van der Waals surface area contributed by atoms with Crippen LogP contribution in [0.2, 0.25) is 0 Å². The molecule has 24 heavy (non-hydrogen) atoms. The molecule has 1 spiro atoms. The number of fused-ring (bicyclic) bond motifs is 2. The molecule has 0 bridgehead atoms. The number of pyridine rings is 1. The number of carbonyl (C=O) groups is 2. The molecule has 2 aliphatic rings. The molecule has 1 atom stereocenters. The minimum atomic E-state index is -0.721. The molecule has 0 N–H and O–H groups in total. The Kier molecular flexibility index (Phi) is 3.64. The Balaban J connectivity index is 1.65. The molecule has 1 aromatic carbocycles. The fourth-order valence-corrected chi connectivity index (χ4v) is 3.92. The van der Waals surface area contributed by atoms with Crippen LogP contribution in [-0.4, -0.2) is 34.8 Å². The van der Waals surface area contributed by atoms with E-state index in [1.54, 1.807) is 29.4 Å². The zero-order valence-electron chi connectivity index (χ0n) is 12.9. The van der Waals surface area contributed by atoms with E-state index in [0.29, 0.717) is 24.2 Å². The van der Waals surface area contributed by atoms with Gasteiger partial charge in [0.25, 0.3) is 5.91 Å². The van der Waals surface area contributed by atoms with E-state index in [1.165, 1.54) is 0 Å². The van der Waals surface area contributed by atoms with Crippen LogP contribution in [0.15, 0.2) is 47.2 Å². The van der Waals surface area contributed by atoms with E-state index in [1.807, 2.05) is 18.2 Å². The van der Waals surface area contributed by atoms with E-state index in [2.05, 4.69) is 20.9 Å². The Morgan fingerprint density at radius 2 is 2.12 bits per heavy atom. The second-order valence-electron chi connectivity index (χ2n) is 6.15. The zero-order valence-corrected chi connectivity index (χ0v) is 14.5. The summed E-state index contributed by atoms with van der Waals surface area (Å²) in [6.07, 6.45) is 4.72. The SMILES string of the molecule is O=C1OC2(CCCN(C(=O)c3cncc(Br)c3)C2)c2ccccc21. The van der Waals surface area contributed by atoms with Crippen molar-refractivity contribution in [3.05, 3.63) is 63.9 Å². The Morgan fingerprint density at radius 3 is 2.96 bits per heavy atom. The number of halogens is 1. The highest BCUT2D eigenvalue weighted by Gasteiger charge is 2.48. The van der Waals surface area contributed by atoms with Gasteiger partial charge >= 0.3 is 5.97 Å². The number of hydrogen-bond donors (Lipinski definition) is 0. The topological polar surface area (TPSA) is 59.5 Å². The fourth-order valence-electron chi connectivity index (χ4n) is 3.56. The van der Waals surface area contributed by atoms with Gasteiger partial charge in [0, 0.05) is 29.0 Å². The van der Waals surface area contributed by atoms with Gasteiger partial charge in [-0.15, -0.1) is 0 Å². The summed E-state index contributed by atoms with van der Waals surface area (Å²) in [5.74, 6) is -0.396. The molecule has 4 rings (SSSR count). The number of ether oxygens (including phenoxy) is 1. The lowest BCUT2D eigenvalue weighted by molar-refractivity contribution is -0.0442. The molecule has 122 valence electrons. The summed E-state index contributed by atoms with van der Waals surface area (Å²) in [5.41, 5.74) is 1.30. The molecule has 2 aliphatic heterocycles. The first-order valence-corrected chi connectivity index (χ1v) is 8.61. The van der Waals surface area contributed by atoms with Crippen LogP contribution in [0.3, 0.4) is 0 Å². The highest BCUT2D eigenvalue weighted by Crippen LogP contribution is 2.42. The van der Waals surface area contributed by atoms with Crippen LogP contribution in [0, 0.1) is 0 Å². The van der Waals surface area contributed by atoms with Crippen LogP contribution in [0.1, 0.15) is 39.1 Å². The van der Waals surface area contributed by atoms with E-state index in [0.717, 1.165) is 22.9 Å². The van der Waals surface area contributed by atoms with Crippen LogP contribution in [0.25, 0.3) is 0 Å². The van der Waals surface area contributed by atoms with Gasteiger partial charge in [-0.3, -0.25) is 9.78 Å². The van der Waals surface area contributed by atoms with Crippen LogP contribution < -0.4 is 0 Å². The standard InChI is InChI=1S/C18H15BrN2O3/c19-13-8-12(9-20-10-13)16(22)21-7-3-6-18(11-21)15-5-2-1-4-14(15)17(23)24-18/h1-2,4-5,8-10H,3,6-7,11H2. The lowest BCUT2D eigenvalue weighted by atomic mass is 9.85. The molecule has 3 heterocycles. The van der Waals surface area contributed by atoms with Crippen molar-refractivity contribution in [3.8, 4) is 0 Å². The lowest BCUT2D eigenvalue weighted by Crippen LogP contribution is -2.48. The molecule has 1 fully saturated rings. The normalized spacial score (nSPS) is 22.4. The van der Waals surface area contributed by atoms with Gasteiger partial charge < -0.3 is 9.64 Å². The largest absolute Gasteiger partial charge is 0.449 e. The molecule has 1 aromatic heterocycles. The first-order chi connectivity index (χ1) is 11.6. The predicted octanol–water partition coefficient (Wildman–Crippen LogP) is 3.15. The Morgan fingerprint density at radius 1 is 1.29 bits per heavy atom. The number of rotatable bonds is 1. The van der Waals surface area contributed by atoms with Crippen LogP contribution >= 0.6 is 15.9 Å². The summed E-state index contributed by atoms with van der Waals surface area (Å²) in [4.78, 5) is 30.8. The molecule has 5 nitrogen and oxygen atoms in total. The summed E-state index contributed by atoms with van der Waals surface area (Å²) in [7, 11) is 0. The van der Waals surface area contributed by atoms with E-state index >= 15 is 0 Å². The number of piperidine rings is 1. The number of benzene rings is 1. The quantitative estimate of drug-likeness (QED) is 0.706. The van der Waals surface area contributed by atoms with E-state index in [9.17, 15) is 9.59 Å². The predicted molar refractivity (Wildman–Crippen MR) is 90.6 cm³/mol. The number of esters is 1. The third kappa shape index (κ3) is 2.41.